The van der Waals surface area contributed by atoms with Gasteiger partial charge >= 0.3 is 17.9 Å². The van der Waals surface area contributed by atoms with Crippen LogP contribution in [0.25, 0.3) is 0 Å². The number of esters is 3. The van der Waals surface area contributed by atoms with Crippen LogP contribution in [0.15, 0.2) is 12.2 Å². The molecule has 0 aliphatic heterocycles. The summed E-state index contributed by atoms with van der Waals surface area (Å²) in [4.78, 5) is 33.1. The summed E-state index contributed by atoms with van der Waals surface area (Å²) < 4.78 is 8.90. The molecule has 17 heavy (non-hydrogen) atoms. The van der Waals surface area contributed by atoms with Crippen LogP contribution < -0.4 is 0 Å². The molecule has 0 radical (unpaired) electrons. The highest BCUT2D eigenvalue weighted by Gasteiger charge is 2.22. The van der Waals surface area contributed by atoms with Gasteiger partial charge in [0.15, 0.2) is 6.10 Å². The number of aliphatic hydroxyl groups excluding tert-OH is 1. The quantitative estimate of drug-likeness (QED) is 0.411. The molecule has 0 rings (SSSR count). The van der Waals surface area contributed by atoms with Gasteiger partial charge in [0.1, 0.15) is 0 Å². The van der Waals surface area contributed by atoms with Gasteiger partial charge in [0.2, 0.25) is 0 Å². The lowest BCUT2D eigenvalue weighted by molar-refractivity contribution is -0.164. The van der Waals surface area contributed by atoms with Gasteiger partial charge in [0, 0.05) is 5.57 Å². The summed E-state index contributed by atoms with van der Waals surface area (Å²) in [6.07, 6.45) is -1.63. The molecule has 0 amide bonds. The normalized spacial score (nSPS) is 11.5. The van der Waals surface area contributed by atoms with Gasteiger partial charge in [0.25, 0.3) is 0 Å². The van der Waals surface area contributed by atoms with Crippen molar-refractivity contribution >= 4 is 17.9 Å². The van der Waals surface area contributed by atoms with Crippen molar-refractivity contribution < 1.29 is 29.0 Å². The van der Waals surface area contributed by atoms with E-state index in [2.05, 4.69) is 16.1 Å². The average Bonchev–Trinajstić information content (AvgIpc) is 2.25. The van der Waals surface area contributed by atoms with Crippen LogP contribution in [0.4, 0.5) is 0 Å². The number of rotatable bonds is 6. The highest BCUT2D eigenvalue weighted by atomic mass is 16.6. The molecule has 0 saturated carbocycles. The molecule has 0 spiro atoms. The summed E-state index contributed by atoms with van der Waals surface area (Å²) >= 11 is 0. The summed E-state index contributed by atoms with van der Waals surface area (Å²) in [5.74, 6) is -2.80. The standard InChI is InChI=1S/C11H16O6/c1-4-5-16-11(15)8(12)6-9(13)17-10(14)7(2)3/h8,12H,2,4-6H2,1,3H3. The monoisotopic (exact) mass is 244 g/mol. The van der Waals surface area contributed by atoms with Crippen molar-refractivity contribution in [3.05, 3.63) is 12.2 Å². The second-order valence-corrected chi connectivity index (χ2v) is 3.43. The second-order valence-electron chi connectivity index (χ2n) is 3.43. The van der Waals surface area contributed by atoms with E-state index in [1.165, 1.54) is 6.92 Å². The summed E-state index contributed by atoms with van der Waals surface area (Å²) in [6, 6.07) is 0. The van der Waals surface area contributed by atoms with E-state index in [9.17, 15) is 19.5 Å². The second kappa shape index (κ2) is 7.56. The van der Waals surface area contributed by atoms with Crippen LogP contribution >= 0.6 is 0 Å². The zero-order chi connectivity index (χ0) is 13.4. The number of carbonyl (C=O) groups is 3. The van der Waals surface area contributed by atoms with Crippen LogP contribution in [0.1, 0.15) is 26.7 Å². The average molecular weight is 244 g/mol. The number of aliphatic hydroxyl groups is 1. The molecule has 96 valence electrons. The first kappa shape index (κ1) is 15.3. The third-order valence-electron chi connectivity index (χ3n) is 1.64. The maximum absolute atomic E-state index is 11.1. The minimum absolute atomic E-state index is 0.0569. The van der Waals surface area contributed by atoms with Crippen molar-refractivity contribution in [3.8, 4) is 0 Å². The van der Waals surface area contributed by atoms with Gasteiger partial charge in [-0.25, -0.2) is 9.59 Å². The van der Waals surface area contributed by atoms with Crippen LogP contribution in [0, 0.1) is 0 Å². The van der Waals surface area contributed by atoms with Crippen molar-refractivity contribution in [2.75, 3.05) is 6.61 Å². The molecule has 0 aliphatic rings. The van der Waals surface area contributed by atoms with Gasteiger partial charge in [0.05, 0.1) is 13.0 Å². The number of ether oxygens (including phenoxy) is 2. The van der Waals surface area contributed by atoms with Gasteiger partial charge in [-0.1, -0.05) is 13.5 Å². The summed E-state index contributed by atoms with van der Waals surface area (Å²) in [7, 11) is 0. The SMILES string of the molecule is C=C(C)C(=O)OC(=O)CC(O)C(=O)OCCC. The Hall–Kier alpha value is -1.69. The fraction of sp³-hybridized carbons (Fsp3) is 0.545. The van der Waals surface area contributed by atoms with E-state index in [1.807, 2.05) is 0 Å². The van der Waals surface area contributed by atoms with Gasteiger partial charge in [-0.3, -0.25) is 4.79 Å². The molecule has 0 bridgehead atoms. The fourth-order valence-electron chi connectivity index (χ4n) is 0.772. The van der Waals surface area contributed by atoms with Crippen LogP contribution in [-0.4, -0.2) is 35.7 Å². The Morgan fingerprint density at radius 3 is 2.41 bits per heavy atom. The topological polar surface area (TPSA) is 89.9 Å². The zero-order valence-corrected chi connectivity index (χ0v) is 9.89. The molecule has 0 aromatic rings. The lowest BCUT2D eigenvalue weighted by atomic mass is 10.2. The lowest BCUT2D eigenvalue weighted by Crippen LogP contribution is -2.28. The van der Waals surface area contributed by atoms with Gasteiger partial charge < -0.3 is 14.6 Å². The van der Waals surface area contributed by atoms with E-state index in [0.717, 1.165) is 0 Å². The third kappa shape index (κ3) is 6.47. The summed E-state index contributed by atoms with van der Waals surface area (Å²) in [5, 5.41) is 9.26. The van der Waals surface area contributed by atoms with E-state index in [-0.39, 0.29) is 12.2 Å². The fourth-order valence-corrected chi connectivity index (χ4v) is 0.772. The Kier molecular flexibility index (Phi) is 6.81. The molecule has 0 heterocycles. The van der Waals surface area contributed by atoms with E-state index >= 15 is 0 Å². The molecule has 6 nitrogen and oxygen atoms in total. The maximum atomic E-state index is 11.1. The first-order valence-corrected chi connectivity index (χ1v) is 5.13. The van der Waals surface area contributed by atoms with E-state index < -0.39 is 30.4 Å². The van der Waals surface area contributed by atoms with Crippen molar-refractivity contribution in [1.82, 2.24) is 0 Å². The predicted molar refractivity (Wildman–Crippen MR) is 57.8 cm³/mol. The molecular weight excluding hydrogens is 228 g/mol. The Morgan fingerprint density at radius 2 is 1.94 bits per heavy atom. The van der Waals surface area contributed by atoms with Crippen LogP contribution in [0.2, 0.25) is 0 Å². The first-order valence-electron chi connectivity index (χ1n) is 5.13. The van der Waals surface area contributed by atoms with Crippen molar-refractivity contribution in [2.45, 2.75) is 32.8 Å². The van der Waals surface area contributed by atoms with Crippen LogP contribution in [0.3, 0.4) is 0 Å². The minimum Gasteiger partial charge on any atom is -0.464 e. The van der Waals surface area contributed by atoms with E-state index in [0.29, 0.717) is 6.42 Å². The summed E-state index contributed by atoms with van der Waals surface area (Å²) in [6.45, 7) is 6.61. The molecule has 0 aromatic heterocycles. The molecule has 1 atom stereocenters. The molecule has 1 N–H and O–H groups in total. The smallest absolute Gasteiger partial charge is 0.340 e. The number of hydrogen-bond acceptors (Lipinski definition) is 6. The maximum Gasteiger partial charge on any atom is 0.340 e. The molecular formula is C11H16O6. The number of hydrogen-bond donors (Lipinski definition) is 1. The minimum atomic E-state index is -1.62. The Morgan fingerprint density at radius 1 is 1.35 bits per heavy atom. The predicted octanol–water partition coefficient (Wildman–Crippen LogP) is 0.336. The van der Waals surface area contributed by atoms with Gasteiger partial charge in [-0.2, -0.15) is 0 Å². The van der Waals surface area contributed by atoms with E-state index in [4.69, 9.17) is 0 Å². The summed E-state index contributed by atoms with van der Waals surface area (Å²) in [5.41, 5.74) is 0.0569. The first-order chi connectivity index (χ1) is 7.88. The zero-order valence-electron chi connectivity index (χ0n) is 9.89. The molecule has 0 saturated heterocycles. The van der Waals surface area contributed by atoms with Crippen molar-refractivity contribution in [3.63, 3.8) is 0 Å². The van der Waals surface area contributed by atoms with Gasteiger partial charge in [-0.15, -0.1) is 0 Å². The molecule has 0 fully saturated rings. The highest BCUT2D eigenvalue weighted by molar-refractivity contribution is 5.96. The molecule has 0 aromatic carbocycles. The largest absolute Gasteiger partial charge is 0.464 e. The Balaban J connectivity index is 4.07. The highest BCUT2D eigenvalue weighted by Crippen LogP contribution is 2.01. The third-order valence-corrected chi connectivity index (χ3v) is 1.64. The molecule has 6 heteroatoms. The lowest BCUT2D eigenvalue weighted by Gasteiger charge is -2.09. The molecule has 0 aliphatic carbocycles. The molecule has 1 unspecified atom stereocenters. The number of carbonyl (C=O) groups excluding carboxylic acids is 3. The van der Waals surface area contributed by atoms with Crippen molar-refractivity contribution in [1.29, 1.82) is 0 Å². The van der Waals surface area contributed by atoms with Crippen LogP contribution in [0.5, 0.6) is 0 Å². The van der Waals surface area contributed by atoms with Crippen molar-refractivity contribution in [2.24, 2.45) is 0 Å². The Labute approximate surface area is 99.2 Å². The van der Waals surface area contributed by atoms with Gasteiger partial charge in [-0.05, 0) is 13.3 Å². The Bertz CT molecular complexity index is 320. The van der Waals surface area contributed by atoms with Crippen LogP contribution in [-0.2, 0) is 23.9 Å². The van der Waals surface area contributed by atoms with E-state index in [1.54, 1.807) is 6.92 Å².